The van der Waals surface area contributed by atoms with Crippen LogP contribution in [0.1, 0.15) is 15.9 Å². The second kappa shape index (κ2) is 5.89. The molecule has 0 radical (unpaired) electrons. The van der Waals surface area contributed by atoms with E-state index in [2.05, 4.69) is 21.2 Å². The molecule has 2 aromatic carbocycles. The van der Waals surface area contributed by atoms with Crippen molar-refractivity contribution in [3.05, 3.63) is 62.6 Å². The molecular weight excluding hydrogens is 352 g/mol. The Morgan fingerprint density at radius 1 is 1.25 bits per heavy atom. The SMILES string of the molecule is Cc1cccc(Cl)c1NC(=O)c1c(F)cc(Br)cc1F. The molecule has 0 aliphatic carbocycles. The van der Waals surface area contributed by atoms with Crippen LogP contribution in [0.2, 0.25) is 5.02 Å². The summed E-state index contributed by atoms with van der Waals surface area (Å²) in [5, 5.41) is 2.73. The number of benzene rings is 2. The van der Waals surface area contributed by atoms with Gasteiger partial charge in [0.25, 0.3) is 5.91 Å². The Bertz CT molecular complexity index is 648. The standard InChI is InChI=1S/C14H9BrClF2NO/c1-7-3-2-4-9(16)13(7)19-14(20)12-10(17)5-8(15)6-11(12)18/h2-6H,1H3,(H,19,20). The van der Waals surface area contributed by atoms with Crippen LogP contribution in [0.4, 0.5) is 14.5 Å². The monoisotopic (exact) mass is 359 g/mol. The minimum Gasteiger partial charge on any atom is -0.320 e. The van der Waals surface area contributed by atoms with Crippen LogP contribution in [0.25, 0.3) is 0 Å². The summed E-state index contributed by atoms with van der Waals surface area (Å²) in [5.41, 5.74) is 0.386. The van der Waals surface area contributed by atoms with Crippen LogP contribution in [0.15, 0.2) is 34.8 Å². The molecular formula is C14H9BrClF2NO. The maximum atomic E-state index is 13.7. The Morgan fingerprint density at radius 3 is 2.40 bits per heavy atom. The molecule has 20 heavy (non-hydrogen) atoms. The topological polar surface area (TPSA) is 29.1 Å². The van der Waals surface area contributed by atoms with Gasteiger partial charge in [-0.15, -0.1) is 0 Å². The number of carbonyl (C=O) groups is 1. The molecule has 0 aliphatic heterocycles. The fourth-order valence-electron chi connectivity index (χ4n) is 1.73. The number of aryl methyl sites for hydroxylation is 1. The fourth-order valence-corrected chi connectivity index (χ4v) is 2.40. The summed E-state index contributed by atoms with van der Waals surface area (Å²) in [6, 6.07) is 7.08. The second-order valence-corrected chi connectivity index (χ2v) is 5.45. The first-order valence-corrected chi connectivity index (χ1v) is 6.78. The van der Waals surface area contributed by atoms with Gasteiger partial charge in [-0.25, -0.2) is 8.78 Å². The summed E-state index contributed by atoms with van der Waals surface area (Å²) < 4.78 is 27.6. The van der Waals surface area contributed by atoms with Crippen LogP contribution in [0.5, 0.6) is 0 Å². The first kappa shape index (κ1) is 14.9. The number of anilines is 1. The van der Waals surface area contributed by atoms with Gasteiger partial charge in [0.2, 0.25) is 0 Å². The van der Waals surface area contributed by atoms with Gasteiger partial charge in [-0.3, -0.25) is 4.79 Å². The lowest BCUT2D eigenvalue weighted by Gasteiger charge is -2.11. The quantitative estimate of drug-likeness (QED) is 0.807. The molecule has 0 aromatic heterocycles. The van der Waals surface area contributed by atoms with E-state index in [4.69, 9.17) is 11.6 Å². The average molecular weight is 361 g/mol. The Hall–Kier alpha value is -1.46. The Kier molecular flexibility index (Phi) is 4.40. The smallest absolute Gasteiger partial charge is 0.261 e. The second-order valence-electron chi connectivity index (χ2n) is 4.13. The molecule has 2 aromatic rings. The van der Waals surface area contributed by atoms with Crippen molar-refractivity contribution in [2.45, 2.75) is 6.92 Å². The third-order valence-electron chi connectivity index (χ3n) is 2.69. The summed E-state index contributed by atoms with van der Waals surface area (Å²) in [6.07, 6.45) is 0. The Labute approximate surface area is 127 Å². The first-order valence-electron chi connectivity index (χ1n) is 5.61. The summed E-state index contributed by atoms with van der Waals surface area (Å²) in [4.78, 5) is 12.0. The van der Waals surface area contributed by atoms with E-state index in [1.54, 1.807) is 25.1 Å². The zero-order valence-corrected chi connectivity index (χ0v) is 12.6. The highest BCUT2D eigenvalue weighted by atomic mass is 79.9. The number of rotatable bonds is 2. The summed E-state index contributed by atoms with van der Waals surface area (Å²) in [6.45, 7) is 1.73. The van der Waals surface area contributed by atoms with Crippen molar-refractivity contribution in [3.8, 4) is 0 Å². The third-order valence-corrected chi connectivity index (χ3v) is 3.47. The van der Waals surface area contributed by atoms with E-state index in [0.29, 0.717) is 16.3 Å². The van der Waals surface area contributed by atoms with Gasteiger partial charge in [-0.05, 0) is 30.7 Å². The van der Waals surface area contributed by atoms with Crippen LogP contribution in [-0.4, -0.2) is 5.91 Å². The Balaban J connectivity index is 2.39. The van der Waals surface area contributed by atoms with E-state index < -0.39 is 23.1 Å². The lowest BCUT2D eigenvalue weighted by atomic mass is 10.1. The number of hydrogen-bond donors (Lipinski definition) is 1. The molecule has 0 bridgehead atoms. The van der Waals surface area contributed by atoms with Crippen molar-refractivity contribution in [3.63, 3.8) is 0 Å². The number of amides is 1. The first-order chi connectivity index (χ1) is 9.40. The van der Waals surface area contributed by atoms with Crippen LogP contribution < -0.4 is 5.32 Å². The molecule has 1 N–H and O–H groups in total. The van der Waals surface area contributed by atoms with E-state index >= 15 is 0 Å². The van der Waals surface area contributed by atoms with Crippen molar-refractivity contribution in [1.29, 1.82) is 0 Å². The van der Waals surface area contributed by atoms with Crippen molar-refractivity contribution in [2.75, 3.05) is 5.32 Å². The number of para-hydroxylation sites is 1. The molecule has 2 rings (SSSR count). The van der Waals surface area contributed by atoms with Crippen LogP contribution in [-0.2, 0) is 0 Å². The molecule has 1 amide bonds. The normalized spacial score (nSPS) is 10.4. The molecule has 0 saturated heterocycles. The molecule has 104 valence electrons. The number of hydrogen-bond acceptors (Lipinski definition) is 1. The average Bonchev–Trinajstić information content (AvgIpc) is 2.32. The molecule has 0 saturated carbocycles. The highest BCUT2D eigenvalue weighted by Gasteiger charge is 2.19. The van der Waals surface area contributed by atoms with Crippen LogP contribution in [0.3, 0.4) is 0 Å². The zero-order chi connectivity index (χ0) is 14.9. The van der Waals surface area contributed by atoms with Crippen LogP contribution >= 0.6 is 27.5 Å². The van der Waals surface area contributed by atoms with Crippen LogP contribution in [0, 0.1) is 18.6 Å². The molecule has 0 unspecified atom stereocenters. The molecule has 6 heteroatoms. The van der Waals surface area contributed by atoms with Crippen molar-refractivity contribution in [2.24, 2.45) is 0 Å². The molecule has 0 spiro atoms. The Morgan fingerprint density at radius 2 is 1.85 bits per heavy atom. The van der Waals surface area contributed by atoms with Crippen molar-refractivity contribution < 1.29 is 13.6 Å². The predicted molar refractivity (Wildman–Crippen MR) is 78.2 cm³/mol. The number of carbonyl (C=O) groups excluding carboxylic acids is 1. The summed E-state index contributed by atoms with van der Waals surface area (Å²) in [7, 11) is 0. The minimum absolute atomic E-state index is 0.220. The molecule has 0 heterocycles. The highest BCUT2D eigenvalue weighted by molar-refractivity contribution is 9.10. The van der Waals surface area contributed by atoms with E-state index in [1.807, 2.05) is 0 Å². The van der Waals surface area contributed by atoms with E-state index in [0.717, 1.165) is 12.1 Å². The van der Waals surface area contributed by atoms with Gasteiger partial charge in [0.1, 0.15) is 17.2 Å². The maximum Gasteiger partial charge on any atom is 0.261 e. The molecule has 0 aliphatic rings. The summed E-state index contributed by atoms with van der Waals surface area (Å²) >= 11 is 8.91. The maximum absolute atomic E-state index is 13.7. The zero-order valence-electron chi connectivity index (χ0n) is 10.3. The summed E-state index contributed by atoms with van der Waals surface area (Å²) in [5.74, 6) is -2.78. The number of nitrogens with one attached hydrogen (secondary N) is 1. The molecule has 2 nitrogen and oxygen atoms in total. The van der Waals surface area contributed by atoms with E-state index in [-0.39, 0.29) is 4.47 Å². The van der Waals surface area contributed by atoms with Gasteiger partial charge in [0.15, 0.2) is 0 Å². The van der Waals surface area contributed by atoms with Gasteiger partial charge < -0.3 is 5.32 Å². The van der Waals surface area contributed by atoms with Gasteiger partial charge >= 0.3 is 0 Å². The lowest BCUT2D eigenvalue weighted by Crippen LogP contribution is -2.17. The van der Waals surface area contributed by atoms with Gasteiger partial charge in [0.05, 0.1) is 10.7 Å². The molecule has 0 fully saturated rings. The third kappa shape index (κ3) is 2.99. The fraction of sp³-hybridized carbons (Fsp3) is 0.0714. The predicted octanol–water partition coefficient (Wildman–Crippen LogP) is 4.94. The van der Waals surface area contributed by atoms with Crippen molar-refractivity contribution in [1.82, 2.24) is 0 Å². The molecule has 0 atom stereocenters. The number of halogens is 4. The van der Waals surface area contributed by atoms with Crippen molar-refractivity contribution >= 4 is 39.1 Å². The minimum atomic E-state index is -0.945. The lowest BCUT2D eigenvalue weighted by molar-refractivity contribution is 0.101. The van der Waals surface area contributed by atoms with Gasteiger partial charge in [-0.1, -0.05) is 39.7 Å². The van der Waals surface area contributed by atoms with Gasteiger partial charge in [-0.2, -0.15) is 0 Å². The van der Waals surface area contributed by atoms with E-state index in [9.17, 15) is 13.6 Å². The van der Waals surface area contributed by atoms with Gasteiger partial charge in [0, 0.05) is 4.47 Å². The highest BCUT2D eigenvalue weighted by Crippen LogP contribution is 2.27. The van der Waals surface area contributed by atoms with E-state index in [1.165, 1.54) is 0 Å². The largest absolute Gasteiger partial charge is 0.320 e.